The summed E-state index contributed by atoms with van der Waals surface area (Å²) in [6.07, 6.45) is 12.9. The summed E-state index contributed by atoms with van der Waals surface area (Å²) in [5.74, 6) is 4.44. The van der Waals surface area contributed by atoms with Gasteiger partial charge in [-0.2, -0.15) is 0 Å². The summed E-state index contributed by atoms with van der Waals surface area (Å²) in [5.41, 5.74) is 5.47. The van der Waals surface area contributed by atoms with Gasteiger partial charge in [0.1, 0.15) is 0 Å². The third kappa shape index (κ3) is 16.9. The van der Waals surface area contributed by atoms with Crippen molar-refractivity contribution in [3.8, 4) is 0 Å². The zero-order valence-corrected chi connectivity index (χ0v) is 19.6. The van der Waals surface area contributed by atoms with Crippen LogP contribution in [-0.4, -0.2) is 6.54 Å². The van der Waals surface area contributed by atoms with E-state index < -0.39 is 0 Å². The monoisotopic (exact) mass is 355 g/mol. The van der Waals surface area contributed by atoms with E-state index in [0.29, 0.717) is 0 Å². The summed E-state index contributed by atoms with van der Waals surface area (Å²) in [7, 11) is 0. The molecule has 0 aromatic rings. The largest absolute Gasteiger partial charge is 0.330 e. The maximum atomic E-state index is 5.47. The van der Waals surface area contributed by atoms with Crippen LogP contribution in [0.1, 0.15) is 108 Å². The second-order valence-corrected chi connectivity index (χ2v) is 7.46. The molecule has 0 aromatic carbocycles. The van der Waals surface area contributed by atoms with E-state index in [0.717, 1.165) is 36.1 Å². The van der Waals surface area contributed by atoms with Crippen LogP contribution in [0.4, 0.5) is 0 Å². The van der Waals surface area contributed by atoms with Gasteiger partial charge in [0.05, 0.1) is 0 Å². The van der Waals surface area contributed by atoms with Crippen LogP contribution in [0.5, 0.6) is 0 Å². The van der Waals surface area contributed by atoms with Crippen molar-refractivity contribution >= 4 is 0 Å². The van der Waals surface area contributed by atoms with Crippen molar-refractivity contribution < 1.29 is 0 Å². The van der Waals surface area contributed by atoms with Gasteiger partial charge in [0.2, 0.25) is 0 Å². The fraction of sp³-hybridized carbons (Fsp3) is 0.917. The molecule has 154 valence electrons. The maximum absolute atomic E-state index is 5.47. The summed E-state index contributed by atoms with van der Waals surface area (Å²) in [5, 5.41) is 0. The average molecular weight is 356 g/mol. The molecule has 0 radical (unpaired) electrons. The molecule has 2 rings (SSSR count). The van der Waals surface area contributed by atoms with Gasteiger partial charge in [-0.15, -0.1) is 0 Å². The van der Waals surface area contributed by atoms with Crippen LogP contribution in [0, 0.1) is 29.6 Å². The number of hydrogen-bond donors (Lipinski definition) is 1. The first-order valence-corrected chi connectivity index (χ1v) is 11.3. The van der Waals surface area contributed by atoms with Gasteiger partial charge in [-0.1, -0.05) is 107 Å². The summed E-state index contributed by atoms with van der Waals surface area (Å²) in [4.78, 5) is 0. The van der Waals surface area contributed by atoms with Crippen LogP contribution < -0.4 is 5.73 Å². The Hall–Kier alpha value is -0.300. The van der Waals surface area contributed by atoms with Crippen LogP contribution in [0.25, 0.3) is 0 Å². The van der Waals surface area contributed by atoms with Gasteiger partial charge in [-0.3, -0.25) is 0 Å². The Morgan fingerprint density at radius 1 is 0.960 bits per heavy atom. The minimum atomic E-state index is 0.831. The first-order valence-electron chi connectivity index (χ1n) is 11.3. The molecule has 25 heavy (non-hydrogen) atoms. The predicted octanol–water partition coefficient (Wildman–Crippen LogP) is 8.09. The molecule has 1 heteroatoms. The zero-order valence-electron chi connectivity index (χ0n) is 19.6. The first kappa shape index (κ1) is 29.5. The molecule has 0 bridgehead atoms. The van der Waals surface area contributed by atoms with Crippen LogP contribution in [0.15, 0.2) is 12.2 Å². The van der Waals surface area contributed by atoms with Gasteiger partial charge in [0.15, 0.2) is 0 Å². The SMILES string of the molecule is CC.CC.CC1C=CC(C(C)C)C1.CC1CCCC1CCN.CCC. The molecule has 1 nitrogen and oxygen atoms in total. The highest BCUT2D eigenvalue weighted by Gasteiger charge is 2.21. The molecule has 1 saturated carbocycles. The highest BCUT2D eigenvalue weighted by Crippen LogP contribution is 2.32. The summed E-state index contributed by atoms with van der Waals surface area (Å²) in [6, 6.07) is 0. The van der Waals surface area contributed by atoms with Crippen molar-refractivity contribution in [1.82, 2.24) is 0 Å². The van der Waals surface area contributed by atoms with Crippen LogP contribution >= 0.6 is 0 Å². The number of allylic oxidation sites excluding steroid dienone is 2. The fourth-order valence-electron chi connectivity index (χ4n) is 3.28. The molecule has 2 aliphatic rings. The lowest BCUT2D eigenvalue weighted by molar-refractivity contribution is 0.397. The van der Waals surface area contributed by atoms with Crippen molar-refractivity contribution in [3.63, 3.8) is 0 Å². The highest BCUT2D eigenvalue weighted by molar-refractivity contribution is 5.01. The van der Waals surface area contributed by atoms with E-state index in [-0.39, 0.29) is 0 Å². The lowest BCUT2D eigenvalue weighted by Gasteiger charge is -2.12. The second-order valence-electron chi connectivity index (χ2n) is 7.46. The molecular formula is C24H53N. The quantitative estimate of drug-likeness (QED) is 0.508. The molecular weight excluding hydrogens is 302 g/mol. The third-order valence-electron chi connectivity index (χ3n) is 4.76. The van der Waals surface area contributed by atoms with Gasteiger partial charge in [0.25, 0.3) is 0 Å². The van der Waals surface area contributed by atoms with Gasteiger partial charge in [-0.25, -0.2) is 0 Å². The van der Waals surface area contributed by atoms with Crippen LogP contribution in [0.2, 0.25) is 0 Å². The van der Waals surface area contributed by atoms with Gasteiger partial charge >= 0.3 is 0 Å². The minimum Gasteiger partial charge on any atom is -0.330 e. The van der Waals surface area contributed by atoms with E-state index in [1.54, 1.807) is 0 Å². The molecule has 0 saturated heterocycles. The van der Waals surface area contributed by atoms with Crippen molar-refractivity contribution in [2.24, 2.45) is 35.3 Å². The van der Waals surface area contributed by atoms with Gasteiger partial charge in [-0.05, 0) is 49.0 Å². The Kier molecular flexibility index (Phi) is 25.6. The highest BCUT2D eigenvalue weighted by atomic mass is 14.5. The Morgan fingerprint density at radius 3 is 1.72 bits per heavy atom. The van der Waals surface area contributed by atoms with E-state index >= 15 is 0 Å². The molecule has 0 aliphatic heterocycles. The smallest absolute Gasteiger partial charge is 0.00745 e. The van der Waals surface area contributed by atoms with E-state index in [9.17, 15) is 0 Å². The average Bonchev–Trinajstić information content (AvgIpc) is 3.22. The Bertz CT molecular complexity index is 257. The van der Waals surface area contributed by atoms with Crippen LogP contribution in [0.3, 0.4) is 0 Å². The Labute approximate surface area is 162 Å². The lowest BCUT2D eigenvalue weighted by Crippen LogP contribution is -2.10. The summed E-state index contributed by atoms with van der Waals surface area (Å²) < 4.78 is 0. The van der Waals surface area contributed by atoms with Crippen LogP contribution in [-0.2, 0) is 0 Å². The molecule has 0 aromatic heterocycles. The van der Waals surface area contributed by atoms with Crippen molar-refractivity contribution in [2.45, 2.75) is 108 Å². The molecule has 4 unspecified atom stereocenters. The predicted molar refractivity (Wildman–Crippen MR) is 120 cm³/mol. The molecule has 0 heterocycles. The lowest BCUT2D eigenvalue weighted by atomic mass is 9.93. The van der Waals surface area contributed by atoms with Gasteiger partial charge < -0.3 is 5.73 Å². The Morgan fingerprint density at radius 2 is 1.48 bits per heavy atom. The Balaban J connectivity index is -0.000000287. The molecule has 2 N–H and O–H groups in total. The third-order valence-corrected chi connectivity index (χ3v) is 4.76. The number of hydrogen-bond acceptors (Lipinski definition) is 1. The van der Waals surface area contributed by atoms with E-state index in [4.69, 9.17) is 5.73 Å². The van der Waals surface area contributed by atoms with E-state index in [1.807, 2.05) is 27.7 Å². The molecule has 0 spiro atoms. The van der Waals surface area contributed by atoms with Gasteiger partial charge in [0, 0.05) is 0 Å². The summed E-state index contributed by atoms with van der Waals surface area (Å²) >= 11 is 0. The van der Waals surface area contributed by atoms with Crippen molar-refractivity contribution in [3.05, 3.63) is 12.2 Å². The standard InChI is InChI=1S/C9H16.C8H17N.C3H8.2C2H6/c1-7(2)9-5-4-8(3)6-9;1-7-3-2-4-8(7)5-6-9;1-3-2;2*1-2/h4-5,7-9H,6H2,1-3H3;7-8H,2-6,9H2,1H3;3H2,1-2H3;2*1-2H3. The summed E-state index contributed by atoms with van der Waals surface area (Å²) in [6.45, 7) is 22.4. The number of rotatable bonds is 3. The molecule has 1 fully saturated rings. The molecule has 4 atom stereocenters. The second kappa shape index (κ2) is 21.7. The normalized spacial score (nSPS) is 26.2. The van der Waals surface area contributed by atoms with E-state index in [1.165, 1.54) is 38.5 Å². The molecule has 2 aliphatic carbocycles. The van der Waals surface area contributed by atoms with Crippen molar-refractivity contribution in [2.75, 3.05) is 6.54 Å². The molecule has 0 amide bonds. The number of nitrogens with two attached hydrogens (primary N) is 1. The fourth-order valence-corrected chi connectivity index (χ4v) is 3.28. The van der Waals surface area contributed by atoms with Crippen molar-refractivity contribution in [1.29, 1.82) is 0 Å². The minimum absolute atomic E-state index is 0.831. The maximum Gasteiger partial charge on any atom is -0.00745 e. The first-order chi connectivity index (χ1) is 12.0. The topological polar surface area (TPSA) is 26.0 Å². The van der Waals surface area contributed by atoms with E-state index in [2.05, 4.69) is 53.7 Å². The zero-order chi connectivity index (χ0) is 20.3.